The molecule has 1 heterocycles. The zero-order valence-corrected chi connectivity index (χ0v) is 12.1. The number of thiophene rings is 1. The van der Waals surface area contributed by atoms with Crippen molar-refractivity contribution >= 4 is 22.9 Å². The molecule has 0 aliphatic heterocycles. The molecule has 1 nitrogen and oxygen atoms in total. The van der Waals surface area contributed by atoms with Crippen LogP contribution in [0, 0.1) is 0 Å². The largest absolute Gasteiger partial charge is 0.310 e. The van der Waals surface area contributed by atoms with Crippen molar-refractivity contribution in [3.05, 3.63) is 57.2 Å². The molecule has 1 N–H and O–H groups in total. The van der Waals surface area contributed by atoms with Gasteiger partial charge in [0.05, 0.1) is 0 Å². The number of hydrogen-bond acceptors (Lipinski definition) is 2. The van der Waals surface area contributed by atoms with Gasteiger partial charge in [-0.05, 0) is 59.5 Å². The van der Waals surface area contributed by atoms with E-state index >= 15 is 0 Å². The summed E-state index contributed by atoms with van der Waals surface area (Å²) in [5.74, 6) is 0. The van der Waals surface area contributed by atoms with Crippen molar-refractivity contribution in [1.82, 2.24) is 5.32 Å². The van der Waals surface area contributed by atoms with Crippen LogP contribution in [0.3, 0.4) is 0 Å². The summed E-state index contributed by atoms with van der Waals surface area (Å²) in [6.45, 7) is 3.23. The van der Waals surface area contributed by atoms with Crippen LogP contribution >= 0.6 is 22.9 Å². The van der Waals surface area contributed by atoms with E-state index in [1.54, 1.807) is 11.3 Å². The van der Waals surface area contributed by atoms with Gasteiger partial charge in [0, 0.05) is 11.1 Å². The molecule has 1 unspecified atom stereocenters. The highest BCUT2D eigenvalue weighted by Gasteiger charge is 2.11. The van der Waals surface area contributed by atoms with Gasteiger partial charge < -0.3 is 5.32 Å². The molecule has 0 saturated heterocycles. The van der Waals surface area contributed by atoms with Gasteiger partial charge in [-0.2, -0.15) is 11.3 Å². The fourth-order valence-electron chi connectivity index (χ4n) is 2.00. The lowest BCUT2D eigenvalue weighted by Gasteiger charge is -2.17. The molecule has 0 aliphatic carbocycles. The molecule has 2 rings (SSSR count). The number of hydrogen-bond donors (Lipinski definition) is 1. The van der Waals surface area contributed by atoms with E-state index < -0.39 is 0 Å². The first-order valence-corrected chi connectivity index (χ1v) is 7.61. The summed E-state index contributed by atoms with van der Waals surface area (Å²) < 4.78 is 0. The molecule has 1 aromatic heterocycles. The van der Waals surface area contributed by atoms with E-state index in [1.165, 1.54) is 11.1 Å². The van der Waals surface area contributed by atoms with Gasteiger partial charge in [0.25, 0.3) is 0 Å². The minimum Gasteiger partial charge on any atom is -0.310 e. The SMILES string of the molecule is CCCNC(Cc1cccc(Cl)c1)c1ccsc1. The highest BCUT2D eigenvalue weighted by molar-refractivity contribution is 7.07. The molecule has 18 heavy (non-hydrogen) atoms. The lowest BCUT2D eigenvalue weighted by Crippen LogP contribution is -2.23. The third-order valence-electron chi connectivity index (χ3n) is 2.92. The van der Waals surface area contributed by atoms with Crippen molar-refractivity contribution in [2.75, 3.05) is 6.54 Å². The maximum Gasteiger partial charge on any atom is 0.0408 e. The Hall–Kier alpha value is -0.830. The van der Waals surface area contributed by atoms with Crippen LogP contribution in [0.15, 0.2) is 41.1 Å². The average molecular weight is 280 g/mol. The molecule has 1 aromatic carbocycles. The van der Waals surface area contributed by atoms with Crippen molar-refractivity contribution in [3.63, 3.8) is 0 Å². The fraction of sp³-hybridized carbons (Fsp3) is 0.333. The molecule has 3 heteroatoms. The highest BCUT2D eigenvalue weighted by Crippen LogP contribution is 2.22. The summed E-state index contributed by atoms with van der Waals surface area (Å²) in [5.41, 5.74) is 2.65. The molecular weight excluding hydrogens is 262 g/mol. The zero-order chi connectivity index (χ0) is 12.8. The van der Waals surface area contributed by atoms with Crippen molar-refractivity contribution < 1.29 is 0 Å². The summed E-state index contributed by atoms with van der Waals surface area (Å²) in [5, 5.41) is 8.77. The van der Waals surface area contributed by atoms with Crippen LogP contribution in [0.25, 0.3) is 0 Å². The van der Waals surface area contributed by atoms with Crippen molar-refractivity contribution in [3.8, 4) is 0 Å². The van der Waals surface area contributed by atoms with Gasteiger partial charge in [0.15, 0.2) is 0 Å². The molecule has 96 valence electrons. The Kier molecular flexibility index (Phi) is 5.24. The van der Waals surface area contributed by atoms with Crippen molar-refractivity contribution in [2.45, 2.75) is 25.8 Å². The van der Waals surface area contributed by atoms with E-state index in [4.69, 9.17) is 11.6 Å². The lowest BCUT2D eigenvalue weighted by molar-refractivity contribution is 0.530. The minimum atomic E-state index is 0.384. The van der Waals surface area contributed by atoms with Crippen LogP contribution in [0.4, 0.5) is 0 Å². The monoisotopic (exact) mass is 279 g/mol. The van der Waals surface area contributed by atoms with E-state index in [9.17, 15) is 0 Å². The van der Waals surface area contributed by atoms with Crippen molar-refractivity contribution in [2.24, 2.45) is 0 Å². The molecule has 0 radical (unpaired) electrons. The molecule has 2 aromatic rings. The summed E-state index contributed by atoms with van der Waals surface area (Å²) in [7, 11) is 0. The number of benzene rings is 1. The number of halogens is 1. The second-order valence-corrected chi connectivity index (χ2v) is 5.61. The Bertz CT molecular complexity index is 467. The Balaban J connectivity index is 2.10. The maximum absolute atomic E-state index is 6.04. The van der Waals surface area contributed by atoms with Crippen molar-refractivity contribution in [1.29, 1.82) is 0 Å². The van der Waals surface area contributed by atoms with Gasteiger partial charge in [0.1, 0.15) is 0 Å². The first-order valence-electron chi connectivity index (χ1n) is 6.29. The van der Waals surface area contributed by atoms with Gasteiger partial charge in [-0.15, -0.1) is 0 Å². The average Bonchev–Trinajstić information content (AvgIpc) is 2.88. The first-order chi connectivity index (χ1) is 8.79. The highest BCUT2D eigenvalue weighted by atomic mass is 35.5. The van der Waals surface area contributed by atoms with Gasteiger partial charge in [-0.25, -0.2) is 0 Å². The molecule has 0 spiro atoms. The molecule has 0 bridgehead atoms. The first kappa shape index (κ1) is 13.6. The van der Waals surface area contributed by atoms with E-state index in [0.717, 1.165) is 24.4 Å². The second-order valence-electron chi connectivity index (χ2n) is 4.40. The maximum atomic E-state index is 6.04. The smallest absolute Gasteiger partial charge is 0.0408 e. The van der Waals surface area contributed by atoms with Crippen LogP contribution in [-0.2, 0) is 6.42 Å². The van der Waals surface area contributed by atoms with Gasteiger partial charge in [-0.3, -0.25) is 0 Å². The topological polar surface area (TPSA) is 12.0 Å². The Morgan fingerprint density at radius 2 is 2.22 bits per heavy atom. The predicted octanol–water partition coefficient (Wildman–Crippen LogP) is 4.68. The minimum absolute atomic E-state index is 0.384. The Morgan fingerprint density at radius 3 is 2.89 bits per heavy atom. The molecule has 0 amide bonds. The summed E-state index contributed by atoms with van der Waals surface area (Å²) >= 11 is 7.79. The van der Waals surface area contributed by atoms with Crippen LogP contribution < -0.4 is 5.32 Å². The fourth-order valence-corrected chi connectivity index (χ4v) is 2.93. The van der Waals surface area contributed by atoms with Crippen LogP contribution in [0.1, 0.15) is 30.5 Å². The number of rotatable bonds is 6. The summed E-state index contributed by atoms with van der Waals surface area (Å²) in [6.07, 6.45) is 2.13. The molecule has 0 aliphatic rings. The van der Waals surface area contributed by atoms with E-state index in [-0.39, 0.29) is 0 Å². The second kappa shape index (κ2) is 6.93. The quantitative estimate of drug-likeness (QED) is 0.809. The number of nitrogens with one attached hydrogen (secondary N) is 1. The zero-order valence-electron chi connectivity index (χ0n) is 10.5. The van der Waals surface area contributed by atoms with Gasteiger partial charge in [-0.1, -0.05) is 30.7 Å². The van der Waals surface area contributed by atoms with E-state index in [1.807, 2.05) is 12.1 Å². The standard InChI is InChI=1S/C15H18ClNS/c1-2-7-17-15(13-6-8-18-11-13)10-12-4-3-5-14(16)9-12/h3-6,8-9,11,15,17H,2,7,10H2,1H3. The van der Waals surface area contributed by atoms with E-state index in [2.05, 4.69) is 41.2 Å². The van der Waals surface area contributed by atoms with Gasteiger partial charge >= 0.3 is 0 Å². The normalized spacial score (nSPS) is 12.6. The molecule has 1 atom stereocenters. The molecule has 0 fully saturated rings. The predicted molar refractivity (Wildman–Crippen MR) is 80.5 cm³/mol. The summed E-state index contributed by atoms with van der Waals surface area (Å²) in [6, 6.07) is 10.7. The summed E-state index contributed by atoms with van der Waals surface area (Å²) in [4.78, 5) is 0. The molecular formula is C15H18ClNS. The van der Waals surface area contributed by atoms with Crippen LogP contribution in [-0.4, -0.2) is 6.54 Å². The third kappa shape index (κ3) is 3.84. The van der Waals surface area contributed by atoms with Crippen LogP contribution in [0.2, 0.25) is 5.02 Å². The molecule has 0 saturated carbocycles. The lowest BCUT2D eigenvalue weighted by atomic mass is 10.0. The third-order valence-corrected chi connectivity index (χ3v) is 3.85. The Morgan fingerprint density at radius 1 is 1.33 bits per heavy atom. The van der Waals surface area contributed by atoms with Gasteiger partial charge in [0.2, 0.25) is 0 Å². The van der Waals surface area contributed by atoms with Crippen LogP contribution in [0.5, 0.6) is 0 Å². The Labute approximate surface area is 118 Å². The van der Waals surface area contributed by atoms with E-state index in [0.29, 0.717) is 6.04 Å².